The molecule has 31 heavy (non-hydrogen) atoms. The van der Waals surface area contributed by atoms with Crippen molar-refractivity contribution in [2.45, 2.75) is 32.6 Å². The van der Waals surface area contributed by atoms with Gasteiger partial charge >= 0.3 is 11.9 Å². The number of ether oxygens (including phenoxy) is 2. The van der Waals surface area contributed by atoms with Gasteiger partial charge in [-0.25, -0.2) is 4.79 Å². The van der Waals surface area contributed by atoms with Crippen molar-refractivity contribution in [2.24, 2.45) is 0 Å². The summed E-state index contributed by atoms with van der Waals surface area (Å²) in [6, 6.07) is 0. The van der Waals surface area contributed by atoms with Crippen LogP contribution in [0.15, 0.2) is 32.4 Å². The highest BCUT2D eigenvalue weighted by molar-refractivity contribution is 8.04. The highest BCUT2D eigenvalue weighted by Crippen LogP contribution is 2.42. The van der Waals surface area contributed by atoms with Crippen molar-refractivity contribution in [1.82, 2.24) is 5.32 Å². The van der Waals surface area contributed by atoms with Crippen molar-refractivity contribution in [1.29, 1.82) is 0 Å². The van der Waals surface area contributed by atoms with E-state index in [2.05, 4.69) is 14.8 Å². The van der Waals surface area contributed by atoms with E-state index < -0.39 is 17.8 Å². The first-order chi connectivity index (χ1) is 14.7. The lowest BCUT2D eigenvalue weighted by atomic mass is 9.94. The summed E-state index contributed by atoms with van der Waals surface area (Å²) in [7, 11) is 2.42. The number of Topliss-reactive ketones (excluding diaryl/α,β-unsaturated/α-hetero) is 2. The topological polar surface area (TPSA) is 136 Å². The zero-order chi connectivity index (χ0) is 23.1. The van der Waals surface area contributed by atoms with E-state index in [9.17, 15) is 29.1 Å². The van der Waals surface area contributed by atoms with E-state index in [1.54, 1.807) is 0 Å². The number of amides is 1. The third-order valence-corrected chi connectivity index (χ3v) is 6.89. The highest BCUT2D eigenvalue weighted by Gasteiger charge is 2.34. The summed E-state index contributed by atoms with van der Waals surface area (Å²) < 4.78 is 8.84. The molecule has 0 aromatic rings. The Hall–Kier alpha value is -2.53. The Morgan fingerprint density at radius 1 is 1.06 bits per heavy atom. The summed E-state index contributed by atoms with van der Waals surface area (Å²) in [4.78, 5) is 57.5. The molecule has 0 unspecified atom stereocenters. The Morgan fingerprint density at radius 3 is 2.35 bits per heavy atom. The van der Waals surface area contributed by atoms with Crippen molar-refractivity contribution in [3.8, 4) is 0 Å². The van der Waals surface area contributed by atoms with Crippen LogP contribution in [0.2, 0.25) is 0 Å². The standard InChI is InChI=1S/C10H13NO4S.C10H10O4S/c1-6(12)10-7(3-4-16-10)11-8(13)5-9(14)15-2;1-14-10(13)7-6(11)4-5-2-3-15-9(5)8(7)12/h3-5H2,1-2H3,(H,11,13);12H,2-4H2,1H3. The van der Waals surface area contributed by atoms with Gasteiger partial charge in [-0.15, -0.1) is 23.5 Å². The van der Waals surface area contributed by atoms with Crippen LogP contribution >= 0.6 is 23.5 Å². The molecule has 1 amide bonds. The maximum absolute atomic E-state index is 11.6. The van der Waals surface area contributed by atoms with E-state index in [0.29, 0.717) is 21.9 Å². The average molecular weight is 470 g/mol. The third kappa shape index (κ3) is 6.23. The van der Waals surface area contributed by atoms with Gasteiger partial charge in [-0.3, -0.25) is 19.2 Å². The largest absolute Gasteiger partial charge is 0.506 e. The number of nitrogens with one attached hydrogen (secondary N) is 1. The number of ketones is 2. The number of carbonyl (C=O) groups excluding carboxylic acids is 5. The zero-order valence-corrected chi connectivity index (χ0v) is 19.0. The number of hydrogen-bond acceptors (Lipinski definition) is 10. The summed E-state index contributed by atoms with van der Waals surface area (Å²) in [6.07, 6.45) is 1.36. The van der Waals surface area contributed by atoms with Gasteiger partial charge in [0.2, 0.25) is 5.91 Å². The monoisotopic (exact) mass is 469 g/mol. The van der Waals surface area contributed by atoms with Crippen LogP contribution in [0.25, 0.3) is 0 Å². The fourth-order valence-corrected chi connectivity index (χ4v) is 5.25. The maximum Gasteiger partial charge on any atom is 0.345 e. The summed E-state index contributed by atoms with van der Waals surface area (Å²) in [5.41, 5.74) is 1.35. The minimum atomic E-state index is -0.753. The molecule has 0 fully saturated rings. The van der Waals surface area contributed by atoms with Gasteiger partial charge in [-0.05, 0) is 25.3 Å². The molecule has 0 aromatic heterocycles. The van der Waals surface area contributed by atoms with Gasteiger partial charge < -0.3 is 19.9 Å². The molecule has 11 heteroatoms. The van der Waals surface area contributed by atoms with Gasteiger partial charge in [0.05, 0.1) is 19.1 Å². The van der Waals surface area contributed by atoms with Crippen LogP contribution in [0.1, 0.15) is 32.6 Å². The molecule has 9 nitrogen and oxygen atoms in total. The van der Waals surface area contributed by atoms with Gasteiger partial charge in [-0.2, -0.15) is 0 Å². The van der Waals surface area contributed by atoms with E-state index in [1.165, 1.54) is 44.7 Å². The lowest BCUT2D eigenvalue weighted by Gasteiger charge is -2.15. The van der Waals surface area contributed by atoms with Crippen LogP contribution in [0.5, 0.6) is 0 Å². The first-order valence-corrected chi connectivity index (χ1v) is 11.3. The van der Waals surface area contributed by atoms with Crippen LogP contribution in [0, 0.1) is 0 Å². The lowest BCUT2D eigenvalue weighted by Crippen LogP contribution is -2.26. The van der Waals surface area contributed by atoms with Gasteiger partial charge in [0.1, 0.15) is 17.8 Å². The van der Waals surface area contributed by atoms with Gasteiger partial charge in [0.15, 0.2) is 11.6 Å². The average Bonchev–Trinajstić information content (AvgIpc) is 3.37. The Morgan fingerprint density at radius 2 is 1.74 bits per heavy atom. The highest BCUT2D eigenvalue weighted by atomic mass is 32.2. The molecule has 3 aliphatic rings. The van der Waals surface area contributed by atoms with E-state index in [1.807, 2.05) is 0 Å². The molecule has 1 aliphatic carbocycles. The first-order valence-electron chi connectivity index (χ1n) is 9.33. The van der Waals surface area contributed by atoms with Crippen molar-refractivity contribution in [2.75, 3.05) is 25.7 Å². The summed E-state index contributed by atoms with van der Waals surface area (Å²) >= 11 is 2.90. The molecule has 0 saturated heterocycles. The van der Waals surface area contributed by atoms with Crippen LogP contribution < -0.4 is 5.32 Å². The number of thioether (sulfide) groups is 2. The van der Waals surface area contributed by atoms with Crippen LogP contribution in [0.3, 0.4) is 0 Å². The fraction of sp³-hybridized carbons (Fsp3) is 0.450. The smallest absolute Gasteiger partial charge is 0.345 e. The van der Waals surface area contributed by atoms with Crippen LogP contribution in [-0.2, 0) is 33.4 Å². The second-order valence-corrected chi connectivity index (χ2v) is 8.82. The third-order valence-electron chi connectivity index (χ3n) is 4.48. The first kappa shape index (κ1) is 24.7. The summed E-state index contributed by atoms with van der Waals surface area (Å²) in [6.45, 7) is 1.46. The molecule has 168 valence electrons. The van der Waals surface area contributed by atoms with Crippen LogP contribution in [0.4, 0.5) is 0 Å². The summed E-state index contributed by atoms with van der Waals surface area (Å²) in [5, 5.41) is 12.4. The fourth-order valence-electron chi connectivity index (χ4n) is 3.04. The quantitative estimate of drug-likeness (QED) is 0.349. The van der Waals surface area contributed by atoms with Crippen molar-refractivity contribution < 1.29 is 38.6 Å². The van der Waals surface area contributed by atoms with E-state index in [-0.39, 0.29) is 35.7 Å². The molecular formula is C20H23NO8S2. The normalized spacial score (nSPS) is 17.7. The Labute approximate surface area is 187 Å². The number of aliphatic hydroxyl groups excluding tert-OH is 1. The molecule has 2 aliphatic heterocycles. The number of rotatable bonds is 5. The number of methoxy groups -OCH3 is 2. The van der Waals surface area contributed by atoms with E-state index >= 15 is 0 Å². The molecule has 0 atom stereocenters. The minimum absolute atomic E-state index is 0.0594. The lowest BCUT2D eigenvalue weighted by molar-refractivity contribution is -0.144. The molecule has 0 bridgehead atoms. The molecule has 0 aromatic carbocycles. The minimum Gasteiger partial charge on any atom is -0.506 e. The Balaban J connectivity index is 0.000000220. The molecule has 2 N–H and O–H groups in total. The van der Waals surface area contributed by atoms with Gasteiger partial charge in [0.25, 0.3) is 0 Å². The Bertz CT molecular complexity index is 916. The second-order valence-electron chi connectivity index (χ2n) is 6.61. The SMILES string of the molecule is COC(=O)C1=C(O)C2=C(CCS2)CC1=O.COC(=O)CC(=O)NC1=C(C(C)=O)SCC1. The van der Waals surface area contributed by atoms with Crippen molar-refractivity contribution in [3.05, 3.63) is 32.4 Å². The van der Waals surface area contributed by atoms with Gasteiger partial charge in [-0.1, -0.05) is 0 Å². The molecule has 0 spiro atoms. The molecule has 2 heterocycles. The number of allylic oxidation sites excluding steroid dienone is 3. The van der Waals surface area contributed by atoms with Gasteiger partial charge in [0, 0.05) is 28.5 Å². The Kier molecular flexibility index (Phi) is 8.93. The molecule has 3 rings (SSSR count). The second kappa shape index (κ2) is 11.2. The zero-order valence-electron chi connectivity index (χ0n) is 17.4. The van der Waals surface area contributed by atoms with E-state index in [4.69, 9.17) is 0 Å². The number of esters is 2. The number of carbonyl (C=O) groups is 5. The number of aliphatic hydroxyl groups is 1. The van der Waals surface area contributed by atoms with Crippen molar-refractivity contribution >= 4 is 52.9 Å². The van der Waals surface area contributed by atoms with Crippen molar-refractivity contribution in [3.63, 3.8) is 0 Å². The maximum atomic E-state index is 11.6. The molecular weight excluding hydrogens is 446 g/mol. The van der Waals surface area contributed by atoms with E-state index in [0.717, 1.165) is 23.5 Å². The predicted molar refractivity (Wildman–Crippen MR) is 115 cm³/mol. The molecule has 0 radical (unpaired) electrons. The molecule has 0 saturated carbocycles. The predicted octanol–water partition coefficient (Wildman–Crippen LogP) is 1.94. The number of hydrogen-bond donors (Lipinski definition) is 2. The summed E-state index contributed by atoms with van der Waals surface area (Å²) in [5.74, 6) is -0.751. The van der Waals surface area contributed by atoms with Crippen LogP contribution in [-0.4, -0.2) is 60.2 Å².